The maximum atomic E-state index is 6.28. The number of furan rings is 1. The Labute approximate surface area is 470 Å². The first-order valence-electron chi connectivity index (χ1n) is 28.4. The third kappa shape index (κ3) is 9.18. The molecule has 0 radical (unpaired) electrons. The van der Waals surface area contributed by atoms with E-state index in [0.717, 1.165) is 72.8 Å². The first-order valence-corrected chi connectivity index (χ1v) is 28.4. The van der Waals surface area contributed by atoms with E-state index in [9.17, 15) is 0 Å². The molecule has 3 heterocycles. The van der Waals surface area contributed by atoms with Crippen LogP contribution in [0.4, 0.5) is 51.2 Å². The molecule has 394 valence electrons. The number of rotatable bonds is 6. The molecule has 9 aromatic carbocycles. The third-order valence-electron chi connectivity index (χ3n) is 16.6. The molecule has 2 aliphatic rings. The van der Waals surface area contributed by atoms with Crippen LogP contribution < -0.4 is 31.1 Å². The summed E-state index contributed by atoms with van der Waals surface area (Å²) in [6, 6.07) is 73.8. The molecular weight excluding hydrogens is 958 g/mol. The number of hydrogen-bond acceptors (Lipinski definition) is 4. The molecule has 0 saturated heterocycles. The summed E-state index contributed by atoms with van der Waals surface area (Å²) in [4.78, 5) is 7.50. The minimum absolute atomic E-state index is 0.00657. The molecule has 10 aromatic rings. The highest BCUT2D eigenvalue weighted by Crippen LogP contribution is 2.49. The van der Waals surface area contributed by atoms with Gasteiger partial charge in [0.2, 0.25) is 0 Å². The zero-order valence-corrected chi connectivity index (χ0v) is 49.1. The SMILES string of the molecule is CC(C)(C)c1c#cc(N(c2ccc(C(C)(C)C)cc2)c2ccc3c(c2)N(c2ccc(-c4ccc5oc6ccccc6c5c4)cc2)c2cc(C(C)(C)C)cc4c2B3c2cc(C(C)(C)C)ccc2N4c2ccc(C(C)(C)C)cc2)cc1. The van der Waals surface area contributed by atoms with Crippen LogP contribution in [0.3, 0.4) is 0 Å². The molecule has 0 aliphatic carbocycles. The van der Waals surface area contributed by atoms with Crippen molar-refractivity contribution in [2.24, 2.45) is 0 Å². The monoisotopic (exact) mass is 1030 g/mol. The third-order valence-corrected chi connectivity index (χ3v) is 16.6. The lowest BCUT2D eigenvalue weighted by Crippen LogP contribution is -2.61. The molecule has 0 N–H and O–H groups in total. The van der Waals surface area contributed by atoms with E-state index in [1.54, 1.807) is 0 Å². The van der Waals surface area contributed by atoms with E-state index in [1.807, 2.05) is 6.07 Å². The molecule has 0 bridgehead atoms. The summed E-state index contributed by atoms with van der Waals surface area (Å²) in [5, 5.41) is 2.25. The van der Waals surface area contributed by atoms with Gasteiger partial charge in [0.1, 0.15) is 11.2 Å². The molecule has 1 aromatic heterocycles. The zero-order chi connectivity index (χ0) is 55.7. The highest BCUT2D eigenvalue weighted by molar-refractivity contribution is 7.00. The second-order valence-corrected chi connectivity index (χ2v) is 27.5. The Kier molecular flexibility index (Phi) is 12.0. The quantitative estimate of drug-likeness (QED) is 0.155. The van der Waals surface area contributed by atoms with E-state index in [4.69, 9.17) is 4.42 Å². The van der Waals surface area contributed by atoms with E-state index in [1.165, 1.54) is 55.7 Å². The van der Waals surface area contributed by atoms with Crippen LogP contribution in [0, 0.1) is 12.1 Å². The maximum Gasteiger partial charge on any atom is 0.252 e. The summed E-state index contributed by atoms with van der Waals surface area (Å²) < 4.78 is 6.28. The van der Waals surface area contributed by atoms with Crippen molar-refractivity contribution in [1.82, 2.24) is 0 Å². The summed E-state index contributed by atoms with van der Waals surface area (Å²) in [5.74, 6) is 0. The van der Waals surface area contributed by atoms with Gasteiger partial charge in [0.25, 0.3) is 6.71 Å². The highest BCUT2D eigenvalue weighted by Gasteiger charge is 2.45. The largest absolute Gasteiger partial charge is 0.456 e. The topological polar surface area (TPSA) is 22.9 Å². The van der Waals surface area contributed by atoms with Crippen LogP contribution in [0.5, 0.6) is 0 Å². The van der Waals surface area contributed by atoms with E-state index in [0.29, 0.717) is 0 Å². The van der Waals surface area contributed by atoms with Gasteiger partial charge in [-0.15, -0.1) is 0 Å². The summed E-state index contributed by atoms with van der Waals surface area (Å²) in [5.41, 5.74) is 24.1. The number of fused-ring (bicyclic) bond motifs is 7. The molecule has 0 fully saturated rings. The van der Waals surface area contributed by atoms with Crippen LogP contribution in [-0.4, -0.2) is 6.71 Å². The molecule has 0 spiro atoms. The standard InChI is InChI=1S/C74H74BN3O/c1-70(2,3)49-23-32-54(33-24-49)76(55-34-25-50(26-35-55)71(4,5)6)58-38-39-61-64(46-58)78(56-30-20-47(21-31-56)48-22-41-68-60(42-48)59-18-16-17-19-67(59)79-68)66-45-53(74(13,14)15)44-65-69(66)75(61)62-43-52(73(10,11)12)29-40-63(62)77(65)57-36-27-51(28-37-57)72(7,8)9/h16-25,27-34,36-46H,1-15H3. The van der Waals surface area contributed by atoms with Crippen LogP contribution in [-0.2, 0) is 27.1 Å². The van der Waals surface area contributed by atoms with Gasteiger partial charge in [0.05, 0.1) is 5.69 Å². The van der Waals surface area contributed by atoms with E-state index < -0.39 is 0 Å². The molecule has 0 unspecified atom stereocenters. The van der Waals surface area contributed by atoms with Gasteiger partial charge >= 0.3 is 0 Å². The Balaban J connectivity index is 1.12. The average molecular weight is 1030 g/mol. The number of benzene rings is 8. The summed E-state index contributed by atoms with van der Waals surface area (Å²) >= 11 is 0. The Bertz CT molecular complexity index is 3900. The fraction of sp³-hybridized carbons (Fsp3) is 0.270. The molecule has 0 saturated carbocycles. The van der Waals surface area contributed by atoms with Crippen molar-refractivity contribution >= 4 is 96.2 Å². The fourth-order valence-corrected chi connectivity index (χ4v) is 11.9. The second-order valence-electron chi connectivity index (χ2n) is 27.5. The molecule has 5 heteroatoms. The van der Waals surface area contributed by atoms with Gasteiger partial charge in [-0.3, -0.25) is 0 Å². The van der Waals surface area contributed by atoms with Gasteiger partial charge < -0.3 is 19.1 Å². The van der Waals surface area contributed by atoms with Crippen molar-refractivity contribution in [3.8, 4) is 11.1 Å². The maximum absolute atomic E-state index is 6.28. The van der Waals surface area contributed by atoms with Gasteiger partial charge in [0.15, 0.2) is 0 Å². The van der Waals surface area contributed by atoms with Gasteiger partial charge in [-0.1, -0.05) is 189 Å². The Morgan fingerprint density at radius 3 is 1.52 bits per heavy atom. The molecule has 0 atom stereocenters. The van der Waals surface area contributed by atoms with Gasteiger partial charge in [0, 0.05) is 61.8 Å². The minimum Gasteiger partial charge on any atom is -0.456 e. The van der Waals surface area contributed by atoms with Crippen LogP contribution in [0.25, 0.3) is 33.1 Å². The Morgan fingerprint density at radius 2 is 0.924 bits per heavy atom. The van der Waals surface area contributed by atoms with Crippen molar-refractivity contribution in [2.75, 3.05) is 14.7 Å². The van der Waals surface area contributed by atoms with E-state index in [2.05, 4.69) is 301 Å². The van der Waals surface area contributed by atoms with Crippen molar-refractivity contribution < 1.29 is 4.42 Å². The van der Waals surface area contributed by atoms with E-state index in [-0.39, 0.29) is 33.8 Å². The minimum atomic E-state index is -0.172. The number of anilines is 9. The average Bonchev–Trinajstić information content (AvgIpc) is 2.76. The van der Waals surface area contributed by atoms with Gasteiger partial charge in [-0.25, -0.2) is 0 Å². The Hall–Kier alpha value is -7.94. The molecular formula is C74H74BN3O. The first kappa shape index (κ1) is 51.8. The fourth-order valence-electron chi connectivity index (χ4n) is 11.9. The Morgan fingerprint density at radius 1 is 0.380 bits per heavy atom. The smallest absolute Gasteiger partial charge is 0.252 e. The first-order chi connectivity index (χ1) is 37.3. The molecule has 12 rings (SSSR count). The van der Waals surface area contributed by atoms with Gasteiger partial charge in [-0.05, 0) is 180 Å². The van der Waals surface area contributed by atoms with Crippen molar-refractivity contribution in [1.29, 1.82) is 0 Å². The highest BCUT2D eigenvalue weighted by atomic mass is 16.3. The molecule has 79 heavy (non-hydrogen) atoms. The van der Waals surface area contributed by atoms with Gasteiger partial charge in [-0.2, -0.15) is 0 Å². The summed E-state index contributed by atoms with van der Waals surface area (Å²) in [6.45, 7) is 34.4. The predicted octanol–water partition coefficient (Wildman–Crippen LogP) is 18.9. The van der Waals surface area contributed by atoms with E-state index >= 15 is 0 Å². The van der Waals surface area contributed by atoms with Crippen LogP contribution in [0.1, 0.15) is 132 Å². The van der Waals surface area contributed by atoms with Crippen molar-refractivity contribution in [2.45, 2.75) is 131 Å². The number of hydrogen-bond donors (Lipinski definition) is 0. The van der Waals surface area contributed by atoms with Crippen LogP contribution in [0.15, 0.2) is 180 Å². The molecule has 2 aliphatic heterocycles. The number of para-hydroxylation sites is 1. The van der Waals surface area contributed by atoms with Crippen molar-refractivity contribution in [3.63, 3.8) is 0 Å². The second kappa shape index (κ2) is 18.3. The van der Waals surface area contributed by atoms with Crippen LogP contribution in [0.2, 0.25) is 0 Å². The summed E-state index contributed by atoms with van der Waals surface area (Å²) in [7, 11) is 0. The molecule has 0 amide bonds. The molecule has 4 nitrogen and oxygen atoms in total. The number of nitrogens with zero attached hydrogens (tertiary/aromatic N) is 3. The zero-order valence-electron chi connectivity index (χ0n) is 49.1. The lowest BCUT2D eigenvalue weighted by Gasteiger charge is -2.45. The normalized spacial score (nSPS) is 13.6. The lowest BCUT2D eigenvalue weighted by atomic mass is 9.33. The van der Waals surface area contributed by atoms with Crippen molar-refractivity contribution in [3.05, 3.63) is 216 Å². The van der Waals surface area contributed by atoms with Crippen LogP contribution >= 0.6 is 0 Å². The summed E-state index contributed by atoms with van der Waals surface area (Å²) in [6.07, 6.45) is 0. The predicted molar refractivity (Wildman–Crippen MR) is 339 cm³/mol. The lowest BCUT2D eigenvalue weighted by molar-refractivity contribution is 0.589.